The number of rotatable bonds is 6. The number of hydrogen-bond donors (Lipinski definition) is 1. The third-order valence-corrected chi connectivity index (χ3v) is 4.75. The fourth-order valence-corrected chi connectivity index (χ4v) is 3.61. The summed E-state index contributed by atoms with van der Waals surface area (Å²) in [5.41, 5.74) is 0.783. The highest BCUT2D eigenvalue weighted by Crippen LogP contribution is 2.44. The Morgan fingerprint density at radius 1 is 1.29 bits per heavy atom. The first-order chi connectivity index (χ1) is 11.3. The van der Waals surface area contributed by atoms with Crippen molar-refractivity contribution in [1.29, 1.82) is 0 Å². The highest BCUT2D eigenvalue weighted by molar-refractivity contribution is 5.77. The first-order valence-corrected chi connectivity index (χ1v) is 8.81. The zero-order valence-electron chi connectivity index (χ0n) is 15.6. The van der Waals surface area contributed by atoms with Crippen LogP contribution in [0.4, 0.5) is 0 Å². The van der Waals surface area contributed by atoms with Crippen LogP contribution < -0.4 is 10.1 Å². The third-order valence-electron chi connectivity index (χ3n) is 4.75. The van der Waals surface area contributed by atoms with Crippen molar-refractivity contribution in [3.05, 3.63) is 29.8 Å². The lowest BCUT2D eigenvalue weighted by Gasteiger charge is -2.45. The van der Waals surface area contributed by atoms with E-state index in [1.54, 1.807) is 7.11 Å². The van der Waals surface area contributed by atoms with Crippen molar-refractivity contribution in [2.45, 2.75) is 58.0 Å². The second kappa shape index (κ2) is 7.56. The Morgan fingerprint density at radius 3 is 2.50 bits per heavy atom. The summed E-state index contributed by atoms with van der Waals surface area (Å²) >= 11 is 0. The molecule has 1 saturated heterocycles. The zero-order valence-corrected chi connectivity index (χ0v) is 15.6. The van der Waals surface area contributed by atoms with Crippen LogP contribution in [-0.2, 0) is 14.9 Å². The Balaban J connectivity index is 2.25. The van der Waals surface area contributed by atoms with Gasteiger partial charge in [-0.25, -0.2) is 0 Å². The van der Waals surface area contributed by atoms with E-state index < -0.39 is 0 Å². The standard InChI is InChI=1S/C20H31NO3/c1-15(2)13-21-18(22)12-20(10-11-24-19(3,4)14-20)16-6-8-17(23-5)9-7-16/h6-9,15H,10-14H2,1-5H3,(H,21,22). The maximum absolute atomic E-state index is 12.6. The summed E-state index contributed by atoms with van der Waals surface area (Å²) < 4.78 is 11.2. The molecule has 134 valence electrons. The van der Waals surface area contributed by atoms with Gasteiger partial charge in [-0.1, -0.05) is 26.0 Å². The van der Waals surface area contributed by atoms with Crippen molar-refractivity contribution in [3.8, 4) is 5.75 Å². The van der Waals surface area contributed by atoms with Crippen molar-refractivity contribution >= 4 is 5.91 Å². The summed E-state index contributed by atoms with van der Waals surface area (Å²) in [6.45, 7) is 9.83. The van der Waals surface area contributed by atoms with Gasteiger partial charge in [-0.05, 0) is 50.3 Å². The molecule has 0 saturated carbocycles. The summed E-state index contributed by atoms with van der Waals surface area (Å²) in [7, 11) is 1.67. The Bertz CT molecular complexity index is 551. The maximum atomic E-state index is 12.6. The van der Waals surface area contributed by atoms with E-state index in [9.17, 15) is 4.79 Å². The third kappa shape index (κ3) is 4.73. The van der Waals surface area contributed by atoms with Gasteiger partial charge in [-0.15, -0.1) is 0 Å². The average Bonchev–Trinajstić information content (AvgIpc) is 2.52. The molecule has 0 spiro atoms. The van der Waals surface area contributed by atoms with Crippen molar-refractivity contribution < 1.29 is 14.3 Å². The first-order valence-electron chi connectivity index (χ1n) is 8.81. The van der Waals surface area contributed by atoms with Crippen LogP contribution >= 0.6 is 0 Å². The topological polar surface area (TPSA) is 47.6 Å². The minimum atomic E-state index is -0.226. The molecule has 0 aliphatic carbocycles. The number of benzene rings is 1. The van der Waals surface area contributed by atoms with Crippen molar-refractivity contribution in [2.75, 3.05) is 20.3 Å². The van der Waals surface area contributed by atoms with Gasteiger partial charge >= 0.3 is 0 Å². The molecule has 1 amide bonds. The number of carbonyl (C=O) groups is 1. The van der Waals surface area contributed by atoms with Crippen LogP contribution in [0.25, 0.3) is 0 Å². The van der Waals surface area contributed by atoms with E-state index >= 15 is 0 Å². The number of ether oxygens (including phenoxy) is 2. The molecule has 1 fully saturated rings. The second-order valence-electron chi connectivity index (χ2n) is 7.92. The number of nitrogens with one attached hydrogen (secondary N) is 1. The molecule has 1 aliphatic rings. The van der Waals surface area contributed by atoms with E-state index in [2.05, 4.69) is 45.1 Å². The number of amides is 1. The van der Waals surface area contributed by atoms with Crippen LogP contribution in [0.5, 0.6) is 5.75 Å². The molecule has 1 heterocycles. The summed E-state index contributed by atoms with van der Waals surface area (Å²) in [6.07, 6.45) is 2.19. The minimum absolute atomic E-state index is 0.122. The average molecular weight is 333 g/mol. The molecule has 1 atom stereocenters. The number of carbonyl (C=O) groups excluding carboxylic acids is 1. The van der Waals surface area contributed by atoms with Gasteiger partial charge in [0.15, 0.2) is 0 Å². The van der Waals surface area contributed by atoms with Crippen LogP contribution in [0.2, 0.25) is 0 Å². The lowest BCUT2D eigenvalue weighted by atomic mass is 9.67. The van der Waals surface area contributed by atoms with Crippen LogP contribution in [-0.4, -0.2) is 31.8 Å². The fourth-order valence-electron chi connectivity index (χ4n) is 3.61. The van der Waals surface area contributed by atoms with Crippen molar-refractivity contribution in [2.24, 2.45) is 5.92 Å². The van der Waals surface area contributed by atoms with E-state index in [-0.39, 0.29) is 16.9 Å². The van der Waals surface area contributed by atoms with Crippen LogP contribution in [0.1, 0.15) is 52.5 Å². The molecule has 2 rings (SSSR count). The quantitative estimate of drug-likeness (QED) is 0.864. The number of methoxy groups -OCH3 is 1. The van der Waals surface area contributed by atoms with Crippen LogP contribution in [0.3, 0.4) is 0 Å². The first kappa shape index (κ1) is 18.8. The molecule has 4 nitrogen and oxygen atoms in total. The van der Waals surface area contributed by atoms with E-state index in [0.29, 0.717) is 18.9 Å². The van der Waals surface area contributed by atoms with Crippen LogP contribution in [0.15, 0.2) is 24.3 Å². The van der Waals surface area contributed by atoms with Gasteiger partial charge in [0, 0.05) is 25.0 Å². The highest BCUT2D eigenvalue weighted by atomic mass is 16.5. The minimum Gasteiger partial charge on any atom is -0.497 e. The number of hydrogen-bond acceptors (Lipinski definition) is 3. The van der Waals surface area contributed by atoms with Gasteiger partial charge in [0.05, 0.1) is 12.7 Å². The lowest BCUT2D eigenvalue weighted by molar-refractivity contribution is -0.126. The summed E-state index contributed by atoms with van der Waals surface area (Å²) in [4.78, 5) is 12.6. The molecular formula is C20H31NO3. The Hall–Kier alpha value is -1.55. The Labute approximate surface area is 145 Å². The Kier molecular flexibility index (Phi) is 5.92. The molecule has 1 N–H and O–H groups in total. The molecule has 0 aromatic heterocycles. The van der Waals surface area contributed by atoms with Crippen molar-refractivity contribution in [3.63, 3.8) is 0 Å². The Morgan fingerprint density at radius 2 is 1.96 bits per heavy atom. The van der Waals surface area contributed by atoms with Gasteiger partial charge in [-0.2, -0.15) is 0 Å². The molecular weight excluding hydrogens is 302 g/mol. The molecule has 24 heavy (non-hydrogen) atoms. The second-order valence-corrected chi connectivity index (χ2v) is 7.92. The van der Waals surface area contributed by atoms with E-state index in [4.69, 9.17) is 9.47 Å². The molecule has 4 heteroatoms. The zero-order chi connectivity index (χ0) is 17.8. The van der Waals surface area contributed by atoms with E-state index in [1.807, 2.05) is 12.1 Å². The predicted octanol–water partition coefficient (Wildman–Crippen LogP) is 3.68. The van der Waals surface area contributed by atoms with Gasteiger partial charge in [-0.3, -0.25) is 4.79 Å². The molecule has 1 aliphatic heterocycles. The van der Waals surface area contributed by atoms with E-state index in [0.717, 1.165) is 25.1 Å². The SMILES string of the molecule is COc1ccc(C2(CC(=O)NCC(C)C)CCOC(C)(C)C2)cc1. The smallest absolute Gasteiger partial charge is 0.220 e. The molecule has 1 aromatic rings. The molecule has 0 bridgehead atoms. The van der Waals surface area contributed by atoms with Crippen molar-refractivity contribution in [1.82, 2.24) is 5.32 Å². The van der Waals surface area contributed by atoms with E-state index in [1.165, 1.54) is 5.56 Å². The van der Waals surface area contributed by atoms with Gasteiger partial charge < -0.3 is 14.8 Å². The van der Waals surface area contributed by atoms with Gasteiger partial charge in [0.1, 0.15) is 5.75 Å². The monoisotopic (exact) mass is 333 g/mol. The molecule has 0 radical (unpaired) electrons. The summed E-state index contributed by atoms with van der Waals surface area (Å²) in [5, 5.41) is 3.07. The molecule has 1 aromatic carbocycles. The highest BCUT2D eigenvalue weighted by Gasteiger charge is 2.43. The van der Waals surface area contributed by atoms with Crippen LogP contribution in [0, 0.1) is 5.92 Å². The maximum Gasteiger partial charge on any atom is 0.220 e. The lowest BCUT2D eigenvalue weighted by Crippen LogP contribution is -2.46. The fraction of sp³-hybridized carbons (Fsp3) is 0.650. The predicted molar refractivity (Wildman–Crippen MR) is 96.4 cm³/mol. The largest absolute Gasteiger partial charge is 0.497 e. The normalized spacial score (nSPS) is 23.1. The summed E-state index contributed by atoms with van der Waals surface area (Å²) in [6, 6.07) is 8.14. The molecule has 1 unspecified atom stereocenters. The van der Waals surface area contributed by atoms with Gasteiger partial charge in [0.25, 0.3) is 0 Å². The van der Waals surface area contributed by atoms with Gasteiger partial charge in [0.2, 0.25) is 5.91 Å². The summed E-state index contributed by atoms with van der Waals surface area (Å²) in [5.74, 6) is 1.42.